The van der Waals surface area contributed by atoms with Crippen LogP contribution in [0, 0.1) is 12.8 Å². The first-order chi connectivity index (χ1) is 12.0. The van der Waals surface area contributed by atoms with Gasteiger partial charge in [-0.2, -0.15) is 0 Å². The molecule has 1 unspecified atom stereocenters. The average molecular weight is 338 g/mol. The molecular weight excluding hydrogens is 312 g/mol. The zero-order chi connectivity index (χ0) is 18.2. The van der Waals surface area contributed by atoms with Crippen molar-refractivity contribution < 1.29 is 9.59 Å². The van der Waals surface area contributed by atoms with Crippen molar-refractivity contribution in [2.75, 3.05) is 13.1 Å². The SMILES string of the molecule is Cc1cccc(C(=O)NCC(=O)NCC(c2ccccc2)C(C)C)c1. The second kappa shape index (κ2) is 9.02. The lowest BCUT2D eigenvalue weighted by Gasteiger charge is -2.22. The minimum atomic E-state index is -0.234. The van der Waals surface area contributed by atoms with E-state index in [0.717, 1.165) is 5.56 Å². The molecular formula is C21H26N2O2. The van der Waals surface area contributed by atoms with E-state index in [2.05, 4.69) is 36.6 Å². The number of rotatable bonds is 7. The molecule has 0 aliphatic carbocycles. The van der Waals surface area contributed by atoms with Crippen LogP contribution >= 0.6 is 0 Å². The number of benzene rings is 2. The lowest BCUT2D eigenvalue weighted by atomic mass is 9.88. The molecule has 2 aromatic rings. The molecule has 2 aromatic carbocycles. The summed E-state index contributed by atoms with van der Waals surface area (Å²) in [6.07, 6.45) is 0. The van der Waals surface area contributed by atoms with Crippen molar-refractivity contribution in [3.05, 3.63) is 71.3 Å². The summed E-state index contributed by atoms with van der Waals surface area (Å²) in [7, 11) is 0. The second-order valence-electron chi connectivity index (χ2n) is 6.62. The Morgan fingerprint density at radius 1 is 0.960 bits per heavy atom. The van der Waals surface area contributed by atoms with Crippen molar-refractivity contribution in [3.8, 4) is 0 Å². The summed E-state index contributed by atoms with van der Waals surface area (Å²) < 4.78 is 0. The highest BCUT2D eigenvalue weighted by Crippen LogP contribution is 2.23. The Morgan fingerprint density at radius 2 is 1.68 bits per heavy atom. The van der Waals surface area contributed by atoms with Gasteiger partial charge in [-0.3, -0.25) is 9.59 Å². The molecule has 25 heavy (non-hydrogen) atoms. The molecule has 0 saturated heterocycles. The Morgan fingerprint density at radius 3 is 2.32 bits per heavy atom. The van der Waals surface area contributed by atoms with Crippen LogP contribution in [0.25, 0.3) is 0 Å². The van der Waals surface area contributed by atoms with Gasteiger partial charge < -0.3 is 10.6 Å². The number of carbonyl (C=O) groups is 2. The van der Waals surface area contributed by atoms with Crippen LogP contribution < -0.4 is 10.6 Å². The fraction of sp³-hybridized carbons (Fsp3) is 0.333. The first kappa shape index (κ1) is 18.7. The summed E-state index contributed by atoms with van der Waals surface area (Å²) >= 11 is 0. The quantitative estimate of drug-likeness (QED) is 0.814. The topological polar surface area (TPSA) is 58.2 Å². The molecule has 0 fully saturated rings. The van der Waals surface area contributed by atoms with Gasteiger partial charge in [-0.15, -0.1) is 0 Å². The maximum Gasteiger partial charge on any atom is 0.251 e. The van der Waals surface area contributed by atoms with Crippen molar-refractivity contribution in [1.29, 1.82) is 0 Å². The van der Waals surface area contributed by atoms with Crippen LogP contribution in [-0.2, 0) is 4.79 Å². The Kier molecular flexibility index (Phi) is 6.75. The standard InChI is InChI=1S/C21H26N2O2/c1-15(2)19(17-9-5-4-6-10-17)13-22-20(24)14-23-21(25)18-11-7-8-16(3)12-18/h4-12,15,19H,13-14H2,1-3H3,(H,22,24)(H,23,25). The van der Waals surface area contributed by atoms with E-state index >= 15 is 0 Å². The van der Waals surface area contributed by atoms with Gasteiger partial charge in [-0.1, -0.05) is 61.9 Å². The highest BCUT2D eigenvalue weighted by molar-refractivity contribution is 5.96. The van der Waals surface area contributed by atoms with Crippen LogP contribution in [0.3, 0.4) is 0 Å². The molecule has 0 saturated carbocycles. The third-order valence-electron chi connectivity index (χ3n) is 4.24. The molecule has 2 rings (SSSR count). The molecule has 0 aliphatic rings. The Bertz CT molecular complexity index is 711. The van der Waals surface area contributed by atoms with Crippen LogP contribution in [0.5, 0.6) is 0 Å². The average Bonchev–Trinajstić information content (AvgIpc) is 2.60. The van der Waals surface area contributed by atoms with Crippen molar-refractivity contribution in [2.24, 2.45) is 5.92 Å². The molecule has 0 bridgehead atoms. The molecule has 1 atom stereocenters. The van der Waals surface area contributed by atoms with Crippen LogP contribution in [0.2, 0.25) is 0 Å². The van der Waals surface area contributed by atoms with Crippen LogP contribution in [-0.4, -0.2) is 24.9 Å². The molecule has 4 heteroatoms. The monoisotopic (exact) mass is 338 g/mol. The number of carbonyl (C=O) groups excluding carboxylic acids is 2. The zero-order valence-corrected chi connectivity index (χ0v) is 15.1. The van der Waals surface area contributed by atoms with Gasteiger partial charge in [0.1, 0.15) is 0 Å². The Labute approximate surface area is 149 Å². The van der Waals surface area contributed by atoms with Gasteiger partial charge in [0.2, 0.25) is 5.91 Å². The van der Waals surface area contributed by atoms with Crippen LogP contribution in [0.1, 0.15) is 41.3 Å². The van der Waals surface area contributed by atoms with E-state index in [1.54, 1.807) is 12.1 Å². The second-order valence-corrected chi connectivity index (χ2v) is 6.62. The molecule has 0 aliphatic heterocycles. The molecule has 4 nitrogen and oxygen atoms in total. The maximum atomic E-state index is 12.1. The summed E-state index contributed by atoms with van der Waals surface area (Å²) in [4.78, 5) is 24.2. The summed E-state index contributed by atoms with van der Waals surface area (Å²) in [5.74, 6) is 0.243. The predicted molar refractivity (Wildman–Crippen MR) is 101 cm³/mol. The van der Waals surface area contributed by atoms with E-state index in [-0.39, 0.29) is 24.3 Å². The Balaban J connectivity index is 1.84. The van der Waals surface area contributed by atoms with E-state index in [1.165, 1.54) is 5.56 Å². The third-order valence-corrected chi connectivity index (χ3v) is 4.24. The lowest BCUT2D eigenvalue weighted by molar-refractivity contribution is -0.120. The van der Waals surface area contributed by atoms with Gasteiger partial charge in [0.05, 0.1) is 6.54 Å². The third kappa shape index (κ3) is 5.75. The van der Waals surface area contributed by atoms with E-state index < -0.39 is 0 Å². The first-order valence-corrected chi connectivity index (χ1v) is 8.64. The zero-order valence-electron chi connectivity index (χ0n) is 15.1. The molecule has 132 valence electrons. The summed E-state index contributed by atoms with van der Waals surface area (Å²) in [5, 5.41) is 5.59. The lowest BCUT2D eigenvalue weighted by Crippen LogP contribution is -2.39. The fourth-order valence-corrected chi connectivity index (χ4v) is 2.77. The largest absolute Gasteiger partial charge is 0.354 e. The van der Waals surface area contributed by atoms with Crippen LogP contribution in [0.15, 0.2) is 54.6 Å². The maximum absolute atomic E-state index is 12.1. The fourth-order valence-electron chi connectivity index (χ4n) is 2.77. The number of aryl methyl sites for hydroxylation is 1. The molecule has 0 spiro atoms. The summed E-state index contributed by atoms with van der Waals surface area (Å²) in [6, 6.07) is 17.5. The van der Waals surface area contributed by atoms with Crippen molar-refractivity contribution in [1.82, 2.24) is 10.6 Å². The first-order valence-electron chi connectivity index (χ1n) is 8.64. The highest BCUT2D eigenvalue weighted by atomic mass is 16.2. The van der Waals surface area contributed by atoms with E-state index in [4.69, 9.17) is 0 Å². The van der Waals surface area contributed by atoms with Gasteiger partial charge >= 0.3 is 0 Å². The molecule has 2 amide bonds. The van der Waals surface area contributed by atoms with Gasteiger partial charge in [0.25, 0.3) is 5.91 Å². The van der Waals surface area contributed by atoms with E-state index in [1.807, 2.05) is 37.3 Å². The predicted octanol–water partition coefficient (Wildman–Crippen LogP) is 3.28. The number of hydrogen-bond donors (Lipinski definition) is 2. The van der Waals surface area contributed by atoms with Crippen molar-refractivity contribution in [2.45, 2.75) is 26.7 Å². The van der Waals surface area contributed by atoms with Crippen molar-refractivity contribution >= 4 is 11.8 Å². The summed E-state index contributed by atoms with van der Waals surface area (Å²) in [5.41, 5.74) is 2.79. The van der Waals surface area contributed by atoms with E-state index in [9.17, 15) is 9.59 Å². The van der Waals surface area contributed by atoms with Gasteiger partial charge in [0, 0.05) is 18.0 Å². The van der Waals surface area contributed by atoms with Gasteiger partial charge in [-0.05, 0) is 30.5 Å². The highest BCUT2D eigenvalue weighted by Gasteiger charge is 2.17. The number of nitrogens with one attached hydrogen (secondary N) is 2. The molecule has 0 aromatic heterocycles. The molecule has 0 radical (unpaired) electrons. The minimum Gasteiger partial charge on any atom is -0.354 e. The Hall–Kier alpha value is -2.62. The minimum absolute atomic E-state index is 0.0214. The molecule has 0 heterocycles. The number of hydrogen-bond acceptors (Lipinski definition) is 2. The summed E-state index contributed by atoms with van der Waals surface area (Å²) in [6.45, 7) is 6.75. The van der Waals surface area contributed by atoms with Gasteiger partial charge in [-0.25, -0.2) is 0 Å². The smallest absolute Gasteiger partial charge is 0.251 e. The number of amides is 2. The van der Waals surface area contributed by atoms with Gasteiger partial charge in [0.15, 0.2) is 0 Å². The van der Waals surface area contributed by atoms with Crippen molar-refractivity contribution in [3.63, 3.8) is 0 Å². The molecule has 2 N–H and O–H groups in total. The normalized spacial score (nSPS) is 11.8. The van der Waals surface area contributed by atoms with E-state index in [0.29, 0.717) is 18.0 Å². The van der Waals surface area contributed by atoms with Crippen LogP contribution in [0.4, 0.5) is 0 Å².